The predicted octanol–water partition coefficient (Wildman–Crippen LogP) is 2.46. The van der Waals surface area contributed by atoms with Crippen molar-refractivity contribution >= 4 is 16.9 Å². The highest BCUT2D eigenvalue weighted by atomic mass is 16.4. The third-order valence-electron chi connectivity index (χ3n) is 3.45. The second-order valence-electron chi connectivity index (χ2n) is 4.60. The Labute approximate surface area is 106 Å². The number of aromatic amines is 1. The molecule has 0 bridgehead atoms. The highest BCUT2D eigenvalue weighted by Gasteiger charge is 2.27. The minimum Gasteiger partial charge on any atom is -0.481 e. The summed E-state index contributed by atoms with van der Waals surface area (Å²) < 4.78 is 0. The lowest BCUT2D eigenvalue weighted by molar-refractivity contribution is -0.142. The van der Waals surface area contributed by atoms with E-state index in [1.54, 1.807) is 14.0 Å². The first kappa shape index (κ1) is 12.6. The van der Waals surface area contributed by atoms with Crippen LogP contribution in [0.3, 0.4) is 0 Å². The molecule has 0 spiro atoms. The van der Waals surface area contributed by atoms with Gasteiger partial charge in [0.15, 0.2) is 0 Å². The number of carboxylic acids is 1. The summed E-state index contributed by atoms with van der Waals surface area (Å²) in [6.07, 6.45) is 0. The monoisotopic (exact) mass is 246 g/mol. The van der Waals surface area contributed by atoms with Gasteiger partial charge in [0, 0.05) is 22.6 Å². The van der Waals surface area contributed by atoms with E-state index in [9.17, 15) is 9.90 Å². The van der Waals surface area contributed by atoms with Gasteiger partial charge in [0.2, 0.25) is 0 Å². The normalized spacial score (nSPS) is 14.6. The van der Waals surface area contributed by atoms with E-state index in [4.69, 9.17) is 0 Å². The van der Waals surface area contributed by atoms with Crippen LogP contribution in [0, 0.1) is 12.8 Å². The van der Waals surface area contributed by atoms with Crippen LogP contribution >= 0.6 is 0 Å². The van der Waals surface area contributed by atoms with E-state index >= 15 is 0 Å². The summed E-state index contributed by atoms with van der Waals surface area (Å²) in [7, 11) is 1.80. The molecule has 2 aromatic rings. The molecule has 0 aliphatic heterocycles. The molecule has 2 atom stereocenters. The highest BCUT2D eigenvalue weighted by Crippen LogP contribution is 2.31. The molecule has 0 saturated heterocycles. The molecule has 4 nitrogen and oxygen atoms in total. The van der Waals surface area contributed by atoms with E-state index in [-0.39, 0.29) is 6.04 Å². The van der Waals surface area contributed by atoms with Crippen molar-refractivity contribution in [3.05, 3.63) is 35.5 Å². The SMILES string of the molecule is CNC(c1c(C)[nH]c2ccccc12)C(C)C(=O)O. The number of rotatable bonds is 4. The van der Waals surface area contributed by atoms with E-state index in [0.29, 0.717) is 0 Å². The van der Waals surface area contributed by atoms with Crippen LogP contribution in [0.1, 0.15) is 24.2 Å². The van der Waals surface area contributed by atoms with Crippen molar-refractivity contribution in [2.45, 2.75) is 19.9 Å². The molecule has 2 unspecified atom stereocenters. The number of aliphatic carboxylic acids is 1. The first-order valence-electron chi connectivity index (χ1n) is 6.03. The summed E-state index contributed by atoms with van der Waals surface area (Å²) in [6.45, 7) is 3.71. The predicted molar refractivity (Wildman–Crippen MR) is 71.6 cm³/mol. The zero-order chi connectivity index (χ0) is 13.3. The Morgan fingerprint density at radius 1 is 1.39 bits per heavy atom. The average Bonchev–Trinajstić information content (AvgIpc) is 2.67. The number of carboxylic acid groups (broad SMARTS) is 1. The second kappa shape index (κ2) is 4.82. The van der Waals surface area contributed by atoms with Crippen molar-refractivity contribution < 1.29 is 9.90 Å². The Kier molecular flexibility index (Phi) is 3.39. The molecular formula is C14H18N2O2. The number of benzene rings is 1. The minimum absolute atomic E-state index is 0.196. The van der Waals surface area contributed by atoms with Crippen molar-refractivity contribution in [2.24, 2.45) is 5.92 Å². The van der Waals surface area contributed by atoms with E-state index in [1.165, 1.54) is 0 Å². The maximum absolute atomic E-state index is 11.2. The van der Waals surface area contributed by atoms with Gasteiger partial charge >= 0.3 is 5.97 Å². The van der Waals surface area contributed by atoms with Gasteiger partial charge in [-0.3, -0.25) is 4.79 Å². The van der Waals surface area contributed by atoms with Crippen LogP contribution < -0.4 is 5.32 Å². The standard InChI is InChI=1S/C14H18N2O2/c1-8(14(17)18)13(15-3)12-9(2)16-11-7-5-4-6-10(11)12/h4-8,13,15-16H,1-3H3,(H,17,18). The number of hydrogen-bond donors (Lipinski definition) is 3. The van der Waals surface area contributed by atoms with Gasteiger partial charge in [-0.1, -0.05) is 25.1 Å². The number of carbonyl (C=O) groups is 1. The Hall–Kier alpha value is -1.81. The number of H-pyrrole nitrogens is 1. The van der Waals surface area contributed by atoms with Crippen LogP contribution in [0.2, 0.25) is 0 Å². The third-order valence-corrected chi connectivity index (χ3v) is 3.45. The van der Waals surface area contributed by atoms with E-state index in [2.05, 4.69) is 10.3 Å². The molecule has 0 radical (unpaired) electrons. The molecule has 1 aromatic heterocycles. The highest BCUT2D eigenvalue weighted by molar-refractivity contribution is 5.86. The summed E-state index contributed by atoms with van der Waals surface area (Å²) in [6, 6.07) is 7.77. The molecule has 3 N–H and O–H groups in total. The molecule has 0 fully saturated rings. The van der Waals surface area contributed by atoms with Crippen LogP contribution in [0.5, 0.6) is 0 Å². The molecule has 4 heteroatoms. The zero-order valence-electron chi connectivity index (χ0n) is 10.8. The van der Waals surface area contributed by atoms with Gasteiger partial charge in [0.25, 0.3) is 0 Å². The summed E-state index contributed by atoms with van der Waals surface area (Å²) in [5.74, 6) is -1.27. The first-order chi connectivity index (χ1) is 8.56. The minimum atomic E-state index is -0.793. The fraction of sp³-hybridized carbons (Fsp3) is 0.357. The number of para-hydroxylation sites is 1. The molecular weight excluding hydrogens is 228 g/mol. The van der Waals surface area contributed by atoms with Gasteiger partial charge in [-0.15, -0.1) is 0 Å². The van der Waals surface area contributed by atoms with Gasteiger partial charge < -0.3 is 15.4 Å². The van der Waals surface area contributed by atoms with Gasteiger partial charge in [0.05, 0.1) is 5.92 Å². The number of aryl methyl sites for hydroxylation is 1. The van der Waals surface area contributed by atoms with Crippen molar-refractivity contribution in [3.8, 4) is 0 Å². The second-order valence-corrected chi connectivity index (χ2v) is 4.60. The molecule has 96 valence electrons. The smallest absolute Gasteiger partial charge is 0.308 e. The fourth-order valence-corrected chi connectivity index (χ4v) is 2.49. The Morgan fingerprint density at radius 3 is 2.67 bits per heavy atom. The van der Waals surface area contributed by atoms with Crippen molar-refractivity contribution in [1.82, 2.24) is 10.3 Å². The maximum Gasteiger partial charge on any atom is 0.308 e. The average molecular weight is 246 g/mol. The number of fused-ring (bicyclic) bond motifs is 1. The summed E-state index contributed by atoms with van der Waals surface area (Å²) in [4.78, 5) is 14.5. The molecule has 0 aliphatic carbocycles. The number of nitrogens with one attached hydrogen (secondary N) is 2. The quantitative estimate of drug-likeness (QED) is 0.776. The lowest BCUT2D eigenvalue weighted by atomic mass is 9.92. The first-order valence-corrected chi connectivity index (χ1v) is 6.03. The van der Waals surface area contributed by atoms with Crippen LogP contribution in [0.4, 0.5) is 0 Å². The summed E-state index contributed by atoms with van der Waals surface area (Å²) in [5.41, 5.74) is 3.11. The zero-order valence-corrected chi connectivity index (χ0v) is 10.8. The van der Waals surface area contributed by atoms with Crippen molar-refractivity contribution in [2.75, 3.05) is 7.05 Å². The van der Waals surface area contributed by atoms with Crippen LogP contribution in [-0.4, -0.2) is 23.1 Å². The molecule has 0 saturated carbocycles. The summed E-state index contributed by atoms with van der Waals surface area (Å²) >= 11 is 0. The maximum atomic E-state index is 11.2. The van der Waals surface area contributed by atoms with Gasteiger partial charge in [-0.25, -0.2) is 0 Å². The van der Waals surface area contributed by atoms with E-state index in [0.717, 1.165) is 22.2 Å². The Bertz CT molecular complexity index is 574. The van der Waals surface area contributed by atoms with E-state index < -0.39 is 11.9 Å². The molecule has 18 heavy (non-hydrogen) atoms. The topological polar surface area (TPSA) is 65.1 Å². The number of aromatic nitrogens is 1. The Morgan fingerprint density at radius 2 is 2.06 bits per heavy atom. The lowest BCUT2D eigenvalue weighted by Crippen LogP contribution is -2.29. The van der Waals surface area contributed by atoms with Gasteiger partial charge in [-0.2, -0.15) is 0 Å². The molecule has 1 heterocycles. The molecule has 2 rings (SSSR count). The third kappa shape index (κ3) is 1.99. The largest absolute Gasteiger partial charge is 0.481 e. The van der Waals surface area contributed by atoms with Crippen molar-refractivity contribution in [1.29, 1.82) is 0 Å². The molecule has 0 amide bonds. The molecule has 0 aliphatic rings. The van der Waals surface area contributed by atoms with Crippen LogP contribution in [0.25, 0.3) is 10.9 Å². The number of hydrogen-bond acceptors (Lipinski definition) is 2. The van der Waals surface area contributed by atoms with Gasteiger partial charge in [0.1, 0.15) is 0 Å². The fourth-order valence-electron chi connectivity index (χ4n) is 2.49. The summed E-state index contributed by atoms with van der Waals surface area (Å²) in [5, 5.41) is 13.4. The molecule has 1 aromatic carbocycles. The van der Waals surface area contributed by atoms with Crippen molar-refractivity contribution in [3.63, 3.8) is 0 Å². The van der Waals surface area contributed by atoms with Crippen LogP contribution in [0.15, 0.2) is 24.3 Å². The lowest BCUT2D eigenvalue weighted by Gasteiger charge is -2.21. The van der Waals surface area contributed by atoms with E-state index in [1.807, 2.05) is 31.2 Å². The van der Waals surface area contributed by atoms with Gasteiger partial charge in [-0.05, 0) is 25.6 Å². The Balaban J connectivity index is 2.57. The van der Waals surface area contributed by atoms with Crippen LogP contribution in [-0.2, 0) is 4.79 Å².